The van der Waals surface area contributed by atoms with Crippen molar-refractivity contribution < 1.29 is 19.1 Å². The number of hydrogen-bond donors (Lipinski definition) is 2. The van der Waals surface area contributed by atoms with Crippen molar-refractivity contribution in [2.24, 2.45) is 11.0 Å². The Balaban J connectivity index is 1.91. The molecule has 7 nitrogen and oxygen atoms in total. The molecule has 0 aromatic heterocycles. The quantitative estimate of drug-likeness (QED) is 0.337. The Kier molecular flexibility index (Phi) is 9.37. The minimum Gasteiger partial charge on any atom is -0.490 e. The average molecular weight is 412 g/mol. The second-order valence-electron chi connectivity index (χ2n) is 7.08. The zero-order chi connectivity index (χ0) is 21.8. The van der Waals surface area contributed by atoms with Crippen LogP contribution in [-0.2, 0) is 16.2 Å². The lowest BCUT2D eigenvalue weighted by molar-refractivity contribution is -0.129. The van der Waals surface area contributed by atoms with Crippen LogP contribution in [-0.4, -0.2) is 31.2 Å². The molecule has 2 rings (SSSR count). The highest BCUT2D eigenvalue weighted by molar-refractivity contribution is 5.97. The van der Waals surface area contributed by atoms with E-state index in [1.54, 1.807) is 12.1 Å². The zero-order valence-electron chi connectivity index (χ0n) is 17.7. The Labute approximate surface area is 177 Å². The molecule has 0 saturated carbocycles. The summed E-state index contributed by atoms with van der Waals surface area (Å²) in [6.07, 6.45) is 1.23. The molecule has 2 N–H and O–H groups in total. The van der Waals surface area contributed by atoms with Crippen molar-refractivity contribution in [1.29, 1.82) is 0 Å². The summed E-state index contributed by atoms with van der Waals surface area (Å²) in [4.78, 5) is 23.5. The smallest absolute Gasteiger partial charge is 0.249 e. The first-order valence-corrected chi connectivity index (χ1v) is 10.00. The molecule has 0 atom stereocenters. The maximum Gasteiger partial charge on any atom is 0.249 e. The normalized spacial score (nSPS) is 10.8. The molecule has 0 unspecified atom stereocenters. The van der Waals surface area contributed by atoms with Gasteiger partial charge in [-0.25, -0.2) is 5.43 Å². The van der Waals surface area contributed by atoms with E-state index in [4.69, 9.17) is 9.47 Å². The molecule has 2 aromatic rings. The van der Waals surface area contributed by atoms with Crippen LogP contribution in [0, 0.1) is 5.92 Å². The fraction of sp³-hybridized carbons (Fsp3) is 0.348. The Morgan fingerprint density at radius 2 is 1.80 bits per heavy atom. The third-order valence-corrected chi connectivity index (χ3v) is 3.94. The average Bonchev–Trinajstić information content (AvgIpc) is 2.72. The highest BCUT2D eigenvalue weighted by Gasteiger charge is 2.09. The monoisotopic (exact) mass is 411 g/mol. The van der Waals surface area contributed by atoms with Crippen LogP contribution >= 0.6 is 0 Å². The van der Waals surface area contributed by atoms with Crippen molar-refractivity contribution in [3.05, 3.63) is 59.7 Å². The number of amides is 2. The predicted molar refractivity (Wildman–Crippen MR) is 117 cm³/mol. The molecule has 2 amide bonds. The largest absolute Gasteiger partial charge is 0.490 e. The van der Waals surface area contributed by atoms with E-state index < -0.39 is 5.91 Å². The molecule has 0 saturated heterocycles. The first kappa shape index (κ1) is 22.9. The minimum absolute atomic E-state index is 0.263. The Morgan fingerprint density at radius 3 is 2.50 bits per heavy atom. The lowest BCUT2D eigenvalue weighted by Gasteiger charge is -2.12. The number of nitrogens with zero attached hydrogens (tertiary/aromatic N) is 1. The van der Waals surface area contributed by atoms with Gasteiger partial charge in [0.05, 0.1) is 12.8 Å². The number of carbonyl (C=O) groups is 2. The van der Waals surface area contributed by atoms with Crippen LogP contribution in [0.3, 0.4) is 0 Å². The summed E-state index contributed by atoms with van der Waals surface area (Å²) in [7, 11) is 0. The van der Waals surface area contributed by atoms with Gasteiger partial charge in [0.25, 0.3) is 0 Å². The van der Waals surface area contributed by atoms with Crippen molar-refractivity contribution >= 4 is 18.0 Å². The van der Waals surface area contributed by atoms with Crippen LogP contribution < -0.4 is 20.2 Å². The summed E-state index contributed by atoms with van der Waals surface area (Å²) in [6, 6.07) is 15.3. The summed E-state index contributed by atoms with van der Waals surface area (Å²) in [5, 5.41) is 6.60. The van der Waals surface area contributed by atoms with E-state index in [-0.39, 0.29) is 12.3 Å². The van der Waals surface area contributed by atoms with Crippen molar-refractivity contribution in [3.63, 3.8) is 0 Å². The number of hydrazone groups is 1. The van der Waals surface area contributed by atoms with E-state index in [0.717, 1.165) is 11.1 Å². The molecule has 160 valence electrons. The highest BCUT2D eigenvalue weighted by Crippen LogP contribution is 2.28. The first-order chi connectivity index (χ1) is 14.5. The van der Waals surface area contributed by atoms with Crippen LogP contribution in [0.15, 0.2) is 53.6 Å². The van der Waals surface area contributed by atoms with E-state index in [2.05, 4.69) is 15.8 Å². The Bertz CT molecular complexity index is 851. The lowest BCUT2D eigenvalue weighted by atomic mass is 10.2. The molecule has 30 heavy (non-hydrogen) atoms. The van der Waals surface area contributed by atoms with E-state index in [1.165, 1.54) is 6.21 Å². The molecule has 0 aliphatic carbocycles. The number of nitrogens with one attached hydrogen (secondary N) is 2. The molecule has 0 aliphatic rings. The Hall–Kier alpha value is -3.35. The third kappa shape index (κ3) is 8.34. The molecular weight excluding hydrogens is 382 g/mol. The summed E-state index contributed by atoms with van der Waals surface area (Å²) in [6.45, 7) is 7.33. The van der Waals surface area contributed by atoms with E-state index in [0.29, 0.717) is 37.2 Å². The standard InChI is InChI=1S/C23H29N3O4/c1-4-29-21-12-19(10-11-20(21)30-16-18-8-6-5-7-9-18)15-25-26-23(28)13-22(27)24-14-17(2)3/h5-12,15,17H,4,13-14,16H2,1-3H3,(H,24,27)(H,26,28)/b25-15+. The molecule has 0 bridgehead atoms. The number of ether oxygens (including phenoxy) is 2. The van der Waals surface area contributed by atoms with Gasteiger partial charge in [-0.15, -0.1) is 0 Å². The number of rotatable bonds is 11. The summed E-state index contributed by atoms with van der Waals surface area (Å²) < 4.78 is 11.5. The van der Waals surface area contributed by atoms with Crippen LogP contribution in [0.4, 0.5) is 0 Å². The SMILES string of the molecule is CCOc1cc(/C=N/NC(=O)CC(=O)NCC(C)C)ccc1OCc1ccccc1. The lowest BCUT2D eigenvalue weighted by Crippen LogP contribution is -2.32. The van der Waals surface area contributed by atoms with Gasteiger partial charge in [-0.3, -0.25) is 9.59 Å². The van der Waals surface area contributed by atoms with Crippen molar-refractivity contribution in [1.82, 2.24) is 10.7 Å². The first-order valence-electron chi connectivity index (χ1n) is 10.00. The number of carbonyl (C=O) groups excluding carboxylic acids is 2. The van der Waals surface area contributed by atoms with Gasteiger partial charge in [-0.05, 0) is 42.2 Å². The predicted octanol–water partition coefficient (Wildman–Crippen LogP) is 3.28. The van der Waals surface area contributed by atoms with Crippen LogP contribution in [0.1, 0.15) is 38.3 Å². The molecular formula is C23H29N3O4. The topological polar surface area (TPSA) is 89.0 Å². The van der Waals surface area contributed by atoms with Gasteiger partial charge < -0.3 is 14.8 Å². The molecule has 0 aliphatic heterocycles. The second kappa shape index (κ2) is 12.3. The zero-order valence-corrected chi connectivity index (χ0v) is 17.7. The van der Waals surface area contributed by atoms with Crippen LogP contribution in [0.25, 0.3) is 0 Å². The van der Waals surface area contributed by atoms with Gasteiger partial charge >= 0.3 is 0 Å². The molecule has 0 spiro atoms. The maximum absolute atomic E-state index is 11.8. The summed E-state index contributed by atoms with van der Waals surface area (Å²) >= 11 is 0. The highest BCUT2D eigenvalue weighted by atomic mass is 16.5. The van der Waals surface area contributed by atoms with Gasteiger partial charge in [0.15, 0.2) is 11.5 Å². The van der Waals surface area contributed by atoms with Gasteiger partial charge in [0.2, 0.25) is 11.8 Å². The van der Waals surface area contributed by atoms with E-state index >= 15 is 0 Å². The molecule has 0 heterocycles. The fourth-order valence-corrected chi connectivity index (χ4v) is 2.47. The van der Waals surface area contributed by atoms with Gasteiger partial charge in [0.1, 0.15) is 13.0 Å². The fourth-order valence-electron chi connectivity index (χ4n) is 2.47. The van der Waals surface area contributed by atoms with Crippen molar-refractivity contribution in [3.8, 4) is 11.5 Å². The third-order valence-electron chi connectivity index (χ3n) is 3.94. The summed E-state index contributed by atoms with van der Waals surface area (Å²) in [5.41, 5.74) is 4.15. The van der Waals surface area contributed by atoms with Crippen LogP contribution in [0.5, 0.6) is 11.5 Å². The Morgan fingerprint density at radius 1 is 1.03 bits per heavy atom. The molecule has 0 radical (unpaired) electrons. The maximum atomic E-state index is 11.8. The van der Waals surface area contributed by atoms with Crippen molar-refractivity contribution in [2.75, 3.05) is 13.2 Å². The molecule has 0 fully saturated rings. The van der Waals surface area contributed by atoms with E-state index in [9.17, 15) is 9.59 Å². The second-order valence-corrected chi connectivity index (χ2v) is 7.08. The van der Waals surface area contributed by atoms with Crippen molar-refractivity contribution in [2.45, 2.75) is 33.8 Å². The van der Waals surface area contributed by atoms with E-state index in [1.807, 2.05) is 57.2 Å². The van der Waals surface area contributed by atoms with Gasteiger partial charge in [-0.2, -0.15) is 5.10 Å². The van der Waals surface area contributed by atoms with Crippen LogP contribution in [0.2, 0.25) is 0 Å². The number of benzene rings is 2. The molecule has 7 heteroatoms. The van der Waals surface area contributed by atoms with Gasteiger partial charge in [0, 0.05) is 6.54 Å². The number of hydrogen-bond acceptors (Lipinski definition) is 5. The molecule has 2 aromatic carbocycles. The minimum atomic E-state index is -0.472. The van der Waals surface area contributed by atoms with Gasteiger partial charge in [-0.1, -0.05) is 44.2 Å². The summed E-state index contributed by atoms with van der Waals surface area (Å²) in [5.74, 6) is 0.755.